The molecule has 0 aromatic heterocycles. The Morgan fingerprint density at radius 3 is 2.32 bits per heavy atom. The standard InChI is InChI=1S/C13H9Cl4NO/c14-9-5-6-10(13(16)12(9)15)18(17)7-8-3-1-2-4-11(8)19/h1-6,19H,7H2. The second kappa shape index (κ2) is 6.10. The van der Waals surface area contributed by atoms with E-state index < -0.39 is 0 Å². The van der Waals surface area contributed by atoms with Crippen molar-refractivity contribution in [3.05, 3.63) is 57.0 Å². The number of anilines is 1. The van der Waals surface area contributed by atoms with E-state index in [2.05, 4.69) is 0 Å². The number of para-hydroxylation sites is 1. The number of hydrogen-bond donors (Lipinski definition) is 1. The summed E-state index contributed by atoms with van der Waals surface area (Å²) in [5.74, 6) is 0.171. The third kappa shape index (κ3) is 3.21. The summed E-state index contributed by atoms with van der Waals surface area (Å²) in [4.78, 5) is 0. The molecule has 2 nitrogen and oxygen atoms in total. The van der Waals surface area contributed by atoms with E-state index in [1.807, 2.05) is 6.07 Å². The Balaban J connectivity index is 2.28. The minimum absolute atomic E-state index is 0.171. The van der Waals surface area contributed by atoms with Gasteiger partial charge in [0.2, 0.25) is 0 Å². The molecule has 100 valence electrons. The van der Waals surface area contributed by atoms with E-state index >= 15 is 0 Å². The van der Waals surface area contributed by atoms with Crippen LogP contribution in [-0.2, 0) is 6.54 Å². The Morgan fingerprint density at radius 2 is 1.63 bits per heavy atom. The maximum atomic E-state index is 9.71. The van der Waals surface area contributed by atoms with Crippen LogP contribution in [0.4, 0.5) is 5.69 Å². The lowest BCUT2D eigenvalue weighted by Gasteiger charge is -2.18. The topological polar surface area (TPSA) is 23.5 Å². The number of aromatic hydroxyl groups is 1. The molecule has 19 heavy (non-hydrogen) atoms. The van der Waals surface area contributed by atoms with Crippen LogP contribution in [0.5, 0.6) is 5.75 Å². The number of phenolic OH excluding ortho intramolecular Hbond substituents is 1. The molecule has 0 aliphatic heterocycles. The molecule has 0 atom stereocenters. The average molecular weight is 337 g/mol. The second-order valence-electron chi connectivity index (χ2n) is 3.84. The largest absolute Gasteiger partial charge is 0.508 e. The van der Waals surface area contributed by atoms with Gasteiger partial charge in [0.25, 0.3) is 0 Å². The van der Waals surface area contributed by atoms with E-state index in [1.165, 1.54) is 4.42 Å². The summed E-state index contributed by atoms with van der Waals surface area (Å²) in [5.41, 5.74) is 1.21. The van der Waals surface area contributed by atoms with Crippen LogP contribution in [0.3, 0.4) is 0 Å². The van der Waals surface area contributed by atoms with Crippen LogP contribution in [0.1, 0.15) is 5.56 Å². The van der Waals surface area contributed by atoms with E-state index in [0.29, 0.717) is 16.3 Å². The van der Waals surface area contributed by atoms with Crippen LogP contribution in [-0.4, -0.2) is 5.11 Å². The Morgan fingerprint density at radius 1 is 0.947 bits per heavy atom. The second-order valence-corrected chi connectivity index (χ2v) is 5.41. The molecule has 6 heteroatoms. The molecule has 2 aromatic rings. The van der Waals surface area contributed by atoms with Crippen LogP contribution in [0, 0.1) is 0 Å². The smallest absolute Gasteiger partial charge is 0.120 e. The maximum Gasteiger partial charge on any atom is 0.120 e. The highest BCUT2D eigenvalue weighted by Gasteiger charge is 2.15. The van der Waals surface area contributed by atoms with E-state index in [-0.39, 0.29) is 22.3 Å². The third-order valence-electron chi connectivity index (χ3n) is 2.58. The summed E-state index contributed by atoms with van der Waals surface area (Å²) in [6.45, 7) is 0.284. The number of hydrogen-bond acceptors (Lipinski definition) is 2. The summed E-state index contributed by atoms with van der Waals surface area (Å²) >= 11 is 24.1. The molecule has 0 aliphatic rings. The van der Waals surface area contributed by atoms with Gasteiger partial charge in [-0.3, -0.25) is 4.42 Å². The normalized spacial score (nSPS) is 10.5. The fraction of sp³-hybridized carbons (Fsp3) is 0.0769. The fourth-order valence-electron chi connectivity index (χ4n) is 1.58. The predicted molar refractivity (Wildman–Crippen MR) is 81.6 cm³/mol. The van der Waals surface area contributed by atoms with E-state index in [4.69, 9.17) is 46.6 Å². The van der Waals surface area contributed by atoms with Crippen molar-refractivity contribution < 1.29 is 5.11 Å². The van der Waals surface area contributed by atoms with Crippen LogP contribution in [0.25, 0.3) is 0 Å². The molecule has 0 saturated heterocycles. The molecular formula is C13H9Cl4NO. The van der Waals surface area contributed by atoms with Crippen molar-refractivity contribution in [2.24, 2.45) is 0 Å². The van der Waals surface area contributed by atoms with Crippen LogP contribution < -0.4 is 4.42 Å². The SMILES string of the molecule is Oc1ccccc1CN(Cl)c1ccc(Cl)c(Cl)c1Cl. The molecule has 0 bridgehead atoms. The lowest BCUT2D eigenvalue weighted by molar-refractivity contribution is 0.468. The van der Waals surface area contributed by atoms with Crippen molar-refractivity contribution >= 4 is 52.3 Å². The summed E-state index contributed by atoms with van der Waals surface area (Å²) < 4.78 is 1.37. The maximum absolute atomic E-state index is 9.71. The molecule has 0 radical (unpaired) electrons. The molecule has 0 fully saturated rings. The van der Waals surface area contributed by atoms with Gasteiger partial charge in [0.15, 0.2) is 0 Å². The number of phenols is 1. The van der Waals surface area contributed by atoms with Gasteiger partial charge >= 0.3 is 0 Å². The Labute approximate surface area is 131 Å². The molecule has 0 saturated carbocycles. The zero-order valence-corrected chi connectivity index (χ0v) is 12.6. The molecule has 1 N–H and O–H groups in total. The van der Waals surface area contributed by atoms with Crippen molar-refractivity contribution in [2.75, 3.05) is 4.42 Å². The lowest BCUT2D eigenvalue weighted by Crippen LogP contribution is -2.10. The lowest BCUT2D eigenvalue weighted by atomic mass is 10.2. The molecule has 2 aromatic carbocycles. The minimum Gasteiger partial charge on any atom is -0.508 e. The first-order valence-corrected chi connectivity index (χ1v) is 6.81. The summed E-state index contributed by atoms with van der Waals surface area (Å²) in [6, 6.07) is 10.2. The van der Waals surface area contributed by atoms with Crippen molar-refractivity contribution in [3.63, 3.8) is 0 Å². The highest BCUT2D eigenvalue weighted by Crippen LogP contribution is 2.39. The van der Waals surface area contributed by atoms with E-state index in [1.54, 1.807) is 30.3 Å². The summed E-state index contributed by atoms with van der Waals surface area (Å²) in [5, 5.41) is 10.6. The van der Waals surface area contributed by atoms with Gasteiger partial charge in [-0.1, -0.05) is 53.0 Å². The van der Waals surface area contributed by atoms with Crippen LogP contribution in [0.15, 0.2) is 36.4 Å². The van der Waals surface area contributed by atoms with Crippen molar-refractivity contribution in [3.8, 4) is 5.75 Å². The number of rotatable bonds is 3. The van der Waals surface area contributed by atoms with Gasteiger partial charge in [-0.2, -0.15) is 0 Å². The zero-order chi connectivity index (χ0) is 14.0. The first-order chi connectivity index (χ1) is 9.00. The van der Waals surface area contributed by atoms with E-state index in [9.17, 15) is 5.11 Å². The Bertz CT molecular complexity index is 603. The molecule has 0 heterocycles. The summed E-state index contributed by atoms with van der Waals surface area (Å²) in [7, 11) is 0. The molecule has 2 rings (SSSR count). The number of nitrogens with zero attached hydrogens (tertiary/aromatic N) is 1. The van der Waals surface area contributed by atoms with E-state index in [0.717, 1.165) is 0 Å². The van der Waals surface area contributed by atoms with Gasteiger partial charge in [0.05, 0.1) is 27.3 Å². The average Bonchev–Trinajstić information content (AvgIpc) is 2.39. The zero-order valence-electron chi connectivity index (χ0n) is 9.58. The van der Waals surface area contributed by atoms with Gasteiger partial charge in [-0.05, 0) is 18.2 Å². The predicted octanol–water partition coefficient (Wildman–Crippen LogP) is 5.51. The Kier molecular flexibility index (Phi) is 4.69. The number of benzene rings is 2. The van der Waals surface area contributed by atoms with Gasteiger partial charge in [-0.25, -0.2) is 0 Å². The fourth-order valence-corrected chi connectivity index (χ4v) is 2.53. The minimum atomic E-state index is 0.171. The van der Waals surface area contributed by atoms with Crippen molar-refractivity contribution in [1.29, 1.82) is 0 Å². The van der Waals surface area contributed by atoms with Crippen LogP contribution >= 0.6 is 46.6 Å². The number of halogens is 4. The molecular weight excluding hydrogens is 328 g/mol. The highest BCUT2D eigenvalue weighted by atomic mass is 35.5. The van der Waals surface area contributed by atoms with Crippen molar-refractivity contribution in [1.82, 2.24) is 0 Å². The highest BCUT2D eigenvalue weighted by molar-refractivity contribution is 6.49. The van der Waals surface area contributed by atoms with Gasteiger partial charge in [0, 0.05) is 17.3 Å². The molecule has 0 unspecified atom stereocenters. The van der Waals surface area contributed by atoms with Gasteiger partial charge < -0.3 is 5.11 Å². The third-order valence-corrected chi connectivity index (χ3v) is 4.16. The molecule has 0 amide bonds. The first kappa shape index (κ1) is 14.6. The molecule has 0 spiro atoms. The Hall–Kier alpha value is -0.800. The first-order valence-electron chi connectivity index (χ1n) is 5.34. The van der Waals surface area contributed by atoms with Crippen molar-refractivity contribution in [2.45, 2.75) is 6.54 Å². The molecule has 0 aliphatic carbocycles. The summed E-state index contributed by atoms with van der Waals surface area (Å²) in [6.07, 6.45) is 0. The van der Waals surface area contributed by atoms with Gasteiger partial charge in [-0.15, -0.1) is 0 Å². The van der Waals surface area contributed by atoms with Crippen LogP contribution in [0.2, 0.25) is 15.1 Å². The monoisotopic (exact) mass is 335 g/mol. The quantitative estimate of drug-likeness (QED) is 0.589. The van der Waals surface area contributed by atoms with Gasteiger partial charge in [0.1, 0.15) is 5.75 Å².